The highest BCUT2D eigenvalue weighted by atomic mass is 16.5. The fourth-order valence-electron chi connectivity index (χ4n) is 2.48. The van der Waals surface area contributed by atoms with E-state index in [2.05, 4.69) is 10.3 Å². The topological polar surface area (TPSA) is 76.8 Å². The van der Waals surface area contributed by atoms with Crippen LogP contribution in [0.3, 0.4) is 0 Å². The molecule has 3 rings (SSSR count). The number of urea groups is 1. The first-order valence-corrected chi connectivity index (χ1v) is 7.40. The van der Waals surface area contributed by atoms with Gasteiger partial charge in [-0.05, 0) is 31.2 Å². The summed E-state index contributed by atoms with van der Waals surface area (Å²) < 4.78 is 16.4. The highest BCUT2D eigenvalue weighted by Crippen LogP contribution is 2.25. The average molecular weight is 317 g/mol. The van der Waals surface area contributed by atoms with E-state index in [9.17, 15) is 4.79 Å². The summed E-state index contributed by atoms with van der Waals surface area (Å²) in [7, 11) is 1.52. The van der Waals surface area contributed by atoms with Gasteiger partial charge >= 0.3 is 6.03 Å². The van der Waals surface area contributed by atoms with E-state index in [0.29, 0.717) is 31.3 Å². The van der Waals surface area contributed by atoms with Crippen LogP contribution >= 0.6 is 0 Å². The number of aryl methyl sites for hydroxylation is 1. The number of carbonyl (C=O) groups is 1. The molecular formula is C16H19N3O4. The lowest BCUT2D eigenvalue weighted by Crippen LogP contribution is -2.44. The van der Waals surface area contributed by atoms with Crippen molar-refractivity contribution in [2.75, 3.05) is 32.1 Å². The van der Waals surface area contributed by atoms with Crippen LogP contribution < -0.4 is 10.1 Å². The molecule has 2 aromatic rings. The predicted octanol–water partition coefficient (Wildman–Crippen LogP) is 2.60. The van der Waals surface area contributed by atoms with Crippen molar-refractivity contribution in [3.63, 3.8) is 0 Å². The quantitative estimate of drug-likeness (QED) is 0.941. The number of methoxy groups -OCH3 is 1. The van der Waals surface area contributed by atoms with Gasteiger partial charge in [0.05, 0.1) is 20.3 Å². The number of anilines is 1. The molecule has 3 heterocycles. The van der Waals surface area contributed by atoms with Crippen molar-refractivity contribution in [2.45, 2.75) is 13.0 Å². The molecule has 1 aliphatic rings. The smallest absolute Gasteiger partial charge is 0.322 e. The summed E-state index contributed by atoms with van der Waals surface area (Å²) >= 11 is 0. The Labute approximate surface area is 134 Å². The van der Waals surface area contributed by atoms with Crippen molar-refractivity contribution in [1.82, 2.24) is 9.88 Å². The van der Waals surface area contributed by atoms with Gasteiger partial charge in [-0.1, -0.05) is 0 Å². The normalized spacial score (nSPS) is 17.8. The van der Waals surface area contributed by atoms with E-state index in [1.807, 2.05) is 19.1 Å². The summed E-state index contributed by atoms with van der Waals surface area (Å²) in [5.74, 6) is 1.94. The lowest BCUT2D eigenvalue weighted by atomic mass is 10.2. The van der Waals surface area contributed by atoms with E-state index >= 15 is 0 Å². The van der Waals surface area contributed by atoms with Crippen LogP contribution in [0.25, 0.3) is 0 Å². The minimum Gasteiger partial charge on any atom is -0.480 e. The minimum absolute atomic E-state index is 0.215. The zero-order valence-electron chi connectivity index (χ0n) is 13.1. The molecular weight excluding hydrogens is 298 g/mol. The molecule has 7 nitrogen and oxygen atoms in total. The molecule has 1 fully saturated rings. The maximum absolute atomic E-state index is 12.5. The first-order chi connectivity index (χ1) is 11.2. The van der Waals surface area contributed by atoms with Crippen molar-refractivity contribution < 1.29 is 18.7 Å². The summed E-state index contributed by atoms with van der Waals surface area (Å²) in [4.78, 5) is 18.2. The molecule has 1 N–H and O–H groups in total. The number of ether oxygens (including phenoxy) is 2. The molecule has 0 aliphatic carbocycles. The van der Waals surface area contributed by atoms with Crippen molar-refractivity contribution in [3.8, 4) is 5.88 Å². The van der Waals surface area contributed by atoms with Gasteiger partial charge in [-0.3, -0.25) is 0 Å². The van der Waals surface area contributed by atoms with Crippen molar-refractivity contribution in [1.29, 1.82) is 0 Å². The van der Waals surface area contributed by atoms with E-state index in [-0.39, 0.29) is 12.1 Å². The van der Waals surface area contributed by atoms with Crippen LogP contribution in [0.5, 0.6) is 5.88 Å². The van der Waals surface area contributed by atoms with E-state index in [4.69, 9.17) is 13.9 Å². The Kier molecular flexibility index (Phi) is 4.47. The van der Waals surface area contributed by atoms with Crippen LogP contribution in [0.15, 0.2) is 34.9 Å². The van der Waals surface area contributed by atoms with Crippen LogP contribution in [-0.2, 0) is 4.74 Å². The number of nitrogens with one attached hydrogen (secondary N) is 1. The van der Waals surface area contributed by atoms with Crippen LogP contribution in [0.4, 0.5) is 10.5 Å². The fraction of sp³-hybridized carbons (Fsp3) is 0.375. The number of furan rings is 1. The second-order valence-electron chi connectivity index (χ2n) is 5.24. The first kappa shape index (κ1) is 15.4. The Morgan fingerprint density at radius 3 is 3.04 bits per heavy atom. The molecule has 1 atom stereocenters. The predicted molar refractivity (Wildman–Crippen MR) is 83.5 cm³/mol. The molecule has 23 heavy (non-hydrogen) atoms. The third-order valence-corrected chi connectivity index (χ3v) is 3.64. The molecule has 1 saturated heterocycles. The van der Waals surface area contributed by atoms with Gasteiger partial charge in [-0.15, -0.1) is 0 Å². The SMILES string of the molecule is COc1ncccc1NC(=O)N1CCOC(c2ccc(C)o2)C1. The van der Waals surface area contributed by atoms with Gasteiger partial charge in [0.15, 0.2) is 0 Å². The number of aromatic nitrogens is 1. The number of amides is 2. The molecule has 7 heteroatoms. The second kappa shape index (κ2) is 6.70. The molecule has 2 aromatic heterocycles. The standard InChI is InChI=1S/C16H19N3O4/c1-11-5-6-13(23-11)14-10-19(8-9-22-14)16(20)18-12-4-3-7-17-15(12)21-2/h3-7,14H,8-10H2,1-2H3,(H,18,20). The fourth-order valence-corrected chi connectivity index (χ4v) is 2.48. The highest BCUT2D eigenvalue weighted by molar-refractivity contribution is 5.90. The highest BCUT2D eigenvalue weighted by Gasteiger charge is 2.27. The zero-order valence-corrected chi connectivity index (χ0v) is 13.1. The number of carbonyl (C=O) groups excluding carboxylic acids is 1. The first-order valence-electron chi connectivity index (χ1n) is 7.40. The zero-order chi connectivity index (χ0) is 16.2. The van der Waals surface area contributed by atoms with Gasteiger partial charge in [0.1, 0.15) is 23.3 Å². The molecule has 1 aliphatic heterocycles. The largest absolute Gasteiger partial charge is 0.480 e. The molecule has 2 amide bonds. The lowest BCUT2D eigenvalue weighted by Gasteiger charge is -2.32. The van der Waals surface area contributed by atoms with Gasteiger partial charge in [0.25, 0.3) is 0 Å². The van der Waals surface area contributed by atoms with Crippen LogP contribution in [0.2, 0.25) is 0 Å². The van der Waals surface area contributed by atoms with Crippen LogP contribution in [0, 0.1) is 6.92 Å². The molecule has 0 radical (unpaired) electrons. The summed E-state index contributed by atoms with van der Waals surface area (Å²) in [6.45, 7) is 3.29. The van der Waals surface area contributed by atoms with Crippen molar-refractivity contribution in [3.05, 3.63) is 42.0 Å². The monoisotopic (exact) mass is 317 g/mol. The molecule has 122 valence electrons. The number of nitrogens with zero attached hydrogens (tertiary/aromatic N) is 2. The lowest BCUT2D eigenvalue weighted by molar-refractivity contribution is -0.0246. The van der Waals surface area contributed by atoms with E-state index in [1.165, 1.54) is 7.11 Å². The molecule has 0 spiro atoms. The van der Waals surface area contributed by atoms with Crippen LogP contribution in [0.1, 0.15) is 17.6 Å². The Morgan fingerprint density at radius 1 is 1.43 bits per heavy atom. The van der Waals surface area contributed by atoms with Gasteiger partial charge in [0.2, 0.25) is 5.88 Å². The molecule has 0 aromatic carbocycles. The van der Waals surface area contributed by atoms with Crippen LogP contribution in [-0.4, -0.2) is 42.7 Å². The van der Waals surface area contributed by atoms with Crippen molar-refractivity contribution in [2.24, 2.45) is 0 Å². The Hall–Kier alpha value is -2.54. The third kappa shape index (κ3) is 3.45. The number of rotatable bonds is 3. The maximum Gasteiger partial charge on any atom is 0.322 e. The van der Waals surface area contributed by atoms with E-state index in [0.717, 1.165) is 11.5 Å². The third-order valence-electron chi connectivity index (χ3n) is 3.64. The number of pyridine rings is 1. The van der Waals surface area contributed by atoms with Crippen molar-refractivity contribution >= 4 is 11.7 Å². The number of morpholine rings is 1. The molecule has 1 unspecified atom stereocenters. The van der Waals surface area contributed by atoms with Gasteiger partial charge in [0, 0.05) is 12.7 Å². The minimum atomic E-state index is -0.251. The Balaban J connectivity index is 1.67. The maximum atomic E-state index is 12.5. The van der Waals surface area contributed by atoms with Gasteiger partial charge in [-0.25, -0.2) is 9.78 Å². The number of hydrogen-bond donors (Lipinski definition) is 1. The summed E-state index contributed by atoms with van der Waals surface area (Å²) in [5.41, 5.74) is 0.539. The Bertz CT molecular complexity index is 685. The van der Waals surface area contributed by atoms with E-state index < -0.39 is 0 Å². The average Bonchev–Trinajstić information content (AvgIpc) is 3.02. The summed E-state index contributed by atoms with van der Waals surface area (Å²) in [5, 5.41) is 2.82. The van der Waals surface area contributed by atoms with E-state index in [1.54, 1.807) is 23.2 Å². The summed E-state index contributed by atoms with van der Waals surface area (Å²) in [6, 6.07) is 7.04. The van der Waals surface area contributed by atoms with Gasteiger partial charge in [-0.2, -0.15) is 0 Å². The Morgan fingerprint density at radius 2 is 2.30 bits per heavy atom. The molecule has 0 bridgehead atoms. The number of hydrogen-bond acceptors (Lipinski definition) is 5. The second-order valence-corrected chi connectivity index (χ2v) is 5.24. The summed E-state index contributed by atoms with van der Waals surface area (Å²) in [6.07, 6.45) is 1.36. The van der Waals surface area contributed by atoms with Gasteiger partial charge < -0.3 is 24.1 Å². The molecule has 0 saturated carbocycles.